The van der Waals surface area contributed by atoms with E-state index < -0.39 is 6.04 Å². The number of rotatable bonds is 5. The predicted molar refractivity (Wildman–Crippen MR) is 103 cm³/mol. The molecule has 148 valence electrons. The molecule has 29 heavy (non-hydrogen) atoms. The normalized spacial score (nSPS) is 15.3. The number of H-pyrrole nitrogens is 1. The van der Waals surface area contributed by atoms with Crippen LogP contribution in [0, 0.1) is 0 Å². The van der Waals surface area contributed by atoms with Crippen molar-refractivity contribution >= 4 is 17.5 Å². The molecule has 0 bridgehead atoms. The maximum absolute atomic E-state index is 13.3. The SMILES string of the molecule is COc1ccc(OC)c(C2C(C(=O)Nc3cccnc3)=C(C)Nc3nn[nH][n+]32)c1. The Balaban J connectivity index is 1.84. The number of carbonyl (C=O) groups is 1. The maximum Gasteiger partial charge on any atom is 0.405 e. The van der Waals surface area contributed by atoms with Crippen molar-refractivity contribution in [2.45, 2.75) is 13.0 Å². The molecular weight excluding hydrogens is 374 g/mol. The zero-order chi connectivity index (χ0) is 20.4. The van der Waals surface area contributed by atoms with Gasteiger partial charge in [-0.3, -0.25) is 15.1 Å². The number of aromatic amines is 1. The highest BCUT2D eigenvalue weighted by Crippen LogP contribution is 2.36. The first-order valence-electron chi connectivity index (χ1n) is 8.86. The second kappa shape index (κ2) is 7.58. The molecule has 0 saturated heterocycles. The number of ether oxygens (including phenoxy) is 2. The van der Waals surface area contributed by atoms with Crippen molar-refractivity contribution in [2.24, 2.45) is 0 Å². The zero-order valence-electron chi connectivity index (χ0n) is 16.1. The molecule has 0 spiro atoms. The smallest absolute Gasteiger partial charge is 0.405 e. The number of benzene rings is 1. The number of allylic oxidation sites excluding steroid dienone is 1. The summed E-state index contributed by atoms with van der Waals surface area (Å²) in [7, 11) is 3.16. The minimum Gasteiger partial charge on any atom is -0.497 e. The second-order valence-corrected chi connectivity index (χ2v) is 6.36. The molecule has 1 aliphatic heterocycles. The number of fused-ring (bicyclic) bond motifs is 1. The topological polar surface area (TPSA) is 118 Å². The van der Waals surface area contributed by atoms with Gasteiger partial charge >= 0.3 is 5.95 Å². The lowest BCUT2D eigenvalue weighted by atomic mass is 9.94. The van der Waals surface area contributed by atoms with Gasteiger partial charge in [-0.25, -0.2) is 0 Å². The van der Waals surface area contributed by atoms with Gasteiger partial charge < -0.3 is 14.8 Å². The van der Waals surface area contributed by atoms with Crippen molar-refractivity contribution in [3.8, 4) is 11.5 Å². The molecular formula is C19H20N7O3+. The predicted octanol–water partition coefficient (Wildman–Crippen LogP) is 1.43. The molecule has 3 heterocycles. The average Bonchev–Trinajstić information content (AvgIpc) is 3.20. The van der Waals surface area contributed by atoms with Crippen LogP contribution in [0.4, 0.5) is 11.6 Å². The molecule has 0 aliphatic carbocycles. The summed E-state index contributed by atoms with van der Waals surface area (Å²) in [5, 5.41) is 16.8. The number of tetrazole rings is 1. The quantitative estimate of drug-likeness (QED) is 0.560. The van der Waals surface area contributed by atoms with E-state index in [9.17, 15) is 4.79 Å². The number of anilines is 2. The van der Waals surface area contributed by atoms with Crippen LogP contribution in [0.3, 0.4) is 0 Å². The number of amides is 1. The van der Waals surface area contributed by atoms with Gasteiger partial charge in [0.1, 0.15) is 16.7 Å². The molecule has 3 aromatic rings. The number of nitrogens with zero attached hydrogens (tertiary/aromatic N) is 4. The lowest BCUT2D eigenvalue weighted by Gasteiger charge is -2.25. The molecule has 0 fully saturated rings. The van der Waals surface area contributed by atoms with Gasteiger partial charge in [-0.15, -0.1) is 9.90 Å². The molecule has 4 rings (SSSR count). The Morgan fingerprint density at radius 3 is 2.83 bits per heavy atom. The second-order valence-electron chi connectivity index (χ2n) is 6.36. The Morgan fingerprint density at radius 2 is 2.10 bits per heavy atom. The fourth-order valence-corrected chi connectivity index (χ4v) is 3.33. The van der Waals surface area contributed by atoms with Crippen molar-refractivity contribution in [2.75, 3.05) is 24.9 Å². The fraction of sp³-hybridized carbons (Fsp3) is 0.211. The van der Waals surface area contributed by atoms with Crippen LogP contribution in [0.2, 0.25) is 0 Å². The summed E-state index contributed by atoms with van der Waals surface area (Å²) < 4.78 is 12.6. The van der Waals surface area contributed by atoms with Crippen LogP contribution < -0.4 is 24.8 Å². The van der Waals surface area contributed by atoms with Gasteiger partial charge in [0.25, 0.3) is 5.91 Å². The van der Waals surface area contributed by atoms with E-state index in [1.807, 2.05) is 13.0 Å². The van der Waals surface area contributed by atoms with Crippen LogP contribution in [-0.2, 0) is 4.79 Å². The fourth-order valence-electron chi connectivity index (χ4n) is 3.33. The number of hydrogen-bond donors (Lipinski definition) is 3. The van der Waals surface area contributed by atoms with E-state index in [2.05, 4.69) is 31.1 Å². The van der Waals surface area contributed by atoms with Gasteiger partial charge in [-0.2, -0.15) is 0 Å². The molecule has 10 nitrogen and oxygen atoms in total. The third-order valence-electron chi connectivity index (χ3n) is 4.66. The van der Waals surface area contributed by atoms with Crippen molar-refractivity contribution in [3.63, 3.8) is 0 Å². The Morgan fingerprint density at radius 1 is 1.24 bits per heavy atom. The highest BCUT2D eigenvalue weighted by Gasteiger charge is 2.40. The van der Waals surface area contributed by atoms with Gasteiger partial charge in [0, 0.05) is 11.8 Å². The first-order chi connectivity index (χ1) is 14.1. The van der Waals surface area contributed by atoms with Gasteiger partial charge in [-0.05, 0) is 37.3 Å². The van der Waals surface area contributed by atoms with Crippen LogP contribution in [-0.4, -0.2) is 40.6 Å². The minimum atomic E-state index is -0.567. The third-order valence-corrected chi connectivity index (χ3v) is 4.66. The van der Waals surface area contributed by atoms with Crippen molar-refractivity contribution in [1.82, 2.24) is 20.5 Å². The number of pyridine rings is 1. The van der Waals surface area contributed by atoms with E-state index in [0.29, 0.717) is 34.4 Å². The standard InChI is InChI=1S/C19H19N7O3/c1-11-16(18(27)22-12-5-4-8-20-10-12)17(26-19(21-11)23-24-25-26)14-9-13(28-2)6-7-15(14)29-3/h4-10,17H,1-3H3,(H2,21,22,23,25,27)/p+1. The first-order valence-corrected chi connectivity index (χ1v) is 8.86. The Labute approximate surface area is 166 Å². The van der Waals surface area contributed by atoms with Gasteiger partial charge in [0.15, 0.2) is 6.04 Å². The lowest BCUT2D eigenvalue weighted by molar-refractivity contribution is -0.750. The molecule has 2 aromatic heterocycles. The van der Waals surface area contributed by atoms with E-state index in [0.717, 1.165) is 5.56 Å². The van der Waals surface area contributed by atoms with E-state index in [4.69, 9.17) is 9.47 Å². The molecule has 1 aliphatic rings. The van der Waals surface area contributed by atoms with Gasteiger partial charge in [0.2, 0.25) is 0 Å². The van der Waals surface area contributed by atoms with Crippen LogP contribution >= 0.6 is 0 Å². The molecule has 1 atom stereocenters. The van der Waals surface area contributed by atoms with Crippen molar-refractivity contribution in [1.29, 1.82) is 0 Å². The Kier molecular flexibility index (Phi) is 4.82. The van der Waals surface area contributed by atoms with E-state index >= 15 is 0 Å². The Hall–Kier alpha value is -3.95. The number of hydrogen-bond acceptors (Lipinski definition) is 7. The Bertz CT molecular complexity index is 1080. The molecule has 1 amide bonds. The van der Waals surface area contributed by atoms with Crippen LogP contribution in [0.15, 0.2) is 54.0 Å². The van der Waals surface area contributed by atoms with Crippen LogP contribution in [0.1, 0.15) is 18.5 Å². The molecule has 0 radical (unpaired) electrons. The number of aromatic nitrogens is 5. The molecule has 0 saturated carbocycles. The molecule has 1 unspecified atom stereocenters. The van der Waals surface area contributed by atoms with Crippen molar-refractivity contribution in [3.05, 3.63) is 59.6 Å². The van der Waals surface area contributed by atoms with E-state index in [1.54, 1.807) is 55.6 Å². The highest BCUT2D eigenvalue weighted by molar-refractivity contribution is 6.05. The number of nitrogens with one attached hydrogen (secondary N) is 3. The summed E-state index contributed by atoms with van der Waals surface area (Å²) in [5.41, 5.74) is 2.44. The third kappa shape index (κ3) is 3.35. The maximum atomic E-state index is 13.3. The highest BCUT2D eigenvalue weighted by atomic mass is 16.5. The molecule has 10 heteroatoms. The summed E-state index contributed by atoms with van der Waals surface area (Å²) in [5.74, 6) is 1.43. The monoisotopic (exact) mass is 394 g/mol. The summed E-state index contributed by atoms with van der Waals surface area (Å²) in [6.07, 6.45) is 3.23. The van der Waals surface area contributed by atoms with Crippen LogP contribution in [0.25, 0.3) is 0 Å². The van der Waals surface area contributed by atoms with Crippen molar-refractivity contribution < 1.29 is 19.0 Å². The minimum absolute atomic E-state index is 0.286. The van der Waals surface area contributed by atoms with Gasteiger partial charge in [-0.1, -0.05) is 0 Å². The number of carbonyl (C=O) groups excluding carboxylic acids is 1. The largest absolute Gasteiger partial charge is 0.497 e. The molecule has 3 N–H and O–H groups in total. The molecule has 1 aromatic carbocycles. The summed E-state index contributed by atoms with van der Waals surface area (Å²) in [4.78, 5) is 17.3. The first kappa shape index (κ1) is 18.4. The summed E-state index contributed by atoms with van der Waals surface area (Å²) in [6, 6.07) is 8.39. The number of methoxy groups -OCH3 is 2. The van der Waals surface area contributed by atoms with E-state index in [1.165, 1.54) is 0 Å². The lowest BCUT2D eigenvalue weighted by Crippen LogP contribution is -2.50. The average molecular weight is 394 g/mol. The van der Waals surface area contributed by atoms with Crippen LogP contribution in [0.5, 0.6) is 11.5 Å². The zero-order valence-corrected chi connectivity index (χ0v) is 16.1. The summed E-state index contributed by atoms with van der Waals surface area (Å²) >= 11 is 0. The van der Waals surface area contributed by atoms with Gasteiger partial charge in [0.05, 0.1) is 42.5 Å². The van der Waals surface area contributed by atoms with E-state index in [-0.39, 0.29) is 5.91 Å². The summed E-state index contributed by atoms with van der Waals surface area (Å²) in [6.45, 7) is 1.82.